The fourth-order valence-corrected chi connectivity index (χ4v) is 5.00. The van der Waals surface area contributed by atoms with Crippen molar-refractivity contribution >= 4 is 28.2 Å². The summed E-state index contributed by atoms with van der Waals surface area (Å²) in [7, 11) is 0. The third kappa shape index (κ3) is 3.21. The molecule has 1 aliphatic heterocycles. The van der Waals surface area contributed by atoms with Gasteiger partial charge in [0.25, 0.3) is 11.8 Å². The first-order chi connectivity index (χ1) is 12.2. The number of anilines is 1. The van der Waals surface area contributed by atoms with Gasteiger partial charge in [-0.1, -0.05) is 18.2 Å². The number of fused-ring (bicyclic) bond motifs is 1. The van der Waals surface area contributed by atoms with Crippen LogP contribution in [0.15, 0.2) is 30.3 Å². The predicted molar refractivity (Wildman–Crippen MR) is 100 cm³/mol. The summed E-state index contributed by atoms with van der Waals surface area (Å²) in [4.78, 5) is 28.9. The molecule has 1 aromatic heterocycles. The molecule has 0 atom stereocenters. The molecule has 4 nitrogen and oxygen atoms in total. The van der Waals surface area contributed by atoms with E-state index < -0.39 is 0 Å². The van der Waals surface area contributed by atoms with Crippen LogP contribution in [-0.2, 0) is 12.8 Å². The molecule has 0 saturated carbocycles. The van der Waals surface area contributed by atoms with E-state index in [2.05, 4.69) is 5.32 Å². The number of carbonyl (C=O) groups excluding carboxylic acids is 2. The van der Waals surface area contributed by atoms with Crippen molar-refractivity contribution in [1.82, 2.24) is 4.90 Å². The zero-order valence-electron chi connectivity index (χ0n) is 14.2. The van der Waals surface area contributed by atoms with Crippen molar-refractivity contribution in [3.8, 4) is 0 Å². The minimum absolute atomic E-state index is 0.0975. The molecular weight excluding hydrogens is 332 g/mol. The lowest BCUT2D eigenvalue weighted by Gasteiger charge is -2.18. The van der Waals surface area contributed by atoms with E-state index in [0.29, 0.717) is 5.56 Å². The minimum atomic E-state index is -0.144. The van der Waals surface area contributed by atoms with Gasteiger partial charge in [0, 0.05) is 23.5 Å². The number of rotatable bonds is 3. The van der Waals surface area contributed by atoms with Crippen LogP contribution in [0.1, 0.15) is 56.8 Å². The molecule has 4 rings (SSSR count). The van der Waals surface area contributed by atoms with E-state index in [1.165, 1.54) is 10.4 Å². The van der Waals surface area contributed by atoms with Crippen molar-refractivity contribution in [1.29, 1.82) is 0 Å². The Morgan fingerprint density at radius 3 is 2.44 bits per heavy atom. The van der Waals surface area contributed by atoms with Gasteiger partial charge in [0.1, 0.15) is 5.00 Å². The monoisotopic (exact) mass is 354 g/mol. The quantitative estimate of drug-likeness (QED) is 0.901. The number of nitrogens with one attached hydrogen (secondary N) is 1. The highest BCUT2D eigenvalue weighted by Gasteiger charge is 2.30. The van der Waals surface area contributed by atoms with Crippen LogP contribution in [0.5, 0.6) is 0 Å². The van der Waals surface area contributed by atoms with Crippen LogP contribution >= 0.6 is 11.3 Å². The Balaban J connectivity index is 1.67. The molecule has 0 radical (unpaired) electrons. The van der Waals surface area contributed by atoms with Crippen LogP contribution in [0.2, 0.25) is 0 Å². The molecule has 1 aromatic carbocycles. The molecule has 5 heteroatoms. The van der Waals surface area contributed by atoms with Crippen molar-refractivity contribution in [2.24, 2.45) is 0 Å². The zero-order chi connectivity index (χ0) is 17.2. The standard InChI is InChI=1S/C20H22N2O2S/c23-18(14-8-2-1-3-9-14)21-19-17(20(24)22-12-6-7-13-22)15-10-4-5-11-16(15)25-19/h1-3,8-9H,4-7,10-13H2,(H,21,23). The molecule has 2 amide bonds. The first kappa shape index (κ1) is 16.3. The van der Waals surface area contributed by atoms with E-state index >= 15 is 0 Å². The van der Waals surface area contributed by atoms with Crippen molar-refractivity contribution in [3.05, 3.63) is 51.9 Å². The van der Waals surface area contributed by atoms with Crippen LogP contribution in [0.3, 0.4) is 0 Å². The second-order valence-corrected chi connectivity index (χ2v) is 7.84. The number of nitrogens with zero attached hydrogens (tertiary/aromatic N) is 1. The maximum absolute atomic E-state index is 13.1. The fourth-order valence-electron chi connectivity index (χ4n) is 3.72. The lowest BCUT2D eigenvalue weighted by atomic mass is 9.95. The Labute approximate surface area is 151 Å². The van der Waals surface area contributed by atoms with E-state index in [1.807, 2.05) is 23.1 Å². The highest BCUT2D eigenvalue weighted by molar-refractivity contribution is 7.17. The molecule has 1 aliphatic carbocycles. The Morgan fingerprint density at radius 1 is 0.960 bits per heavy atom. The molecule has 0 spiro atoms. The van der Waals surface area contributed by atoms with Crippen LogP contribution in [-0.4, -0.2) is 29.8 Å². The third-order valence-corrected chi connectivity index (χ3v) is 6.25. The number of thiophene rings is 1. The van der Waals surface area contributed by atoms with Crippen LogP contribution < -0.4 is 5.32 Å². The molecule has 25 heavy (non-hydrogen) atoms. The summed E-state index contributed by atoms with van der Waals surface area (Å²) in [6.07, 6.45) is 6.39. The summed E-state index contributed by atoms with van der Waals surface area (Å²) in [5.41, 5.74) is 2.55. The summed E-state index contributed by atoms with van der Waals surface area (Å²) in [6, 6.07) is 9.19. The molecule has 130 valence electrons. The molecule has 2 aromatic rings. The minimum Gasteiger partial charge on any atom is -0.339 e. The van der Waals surface area contributed by atoms with Gasteiger partial charge in [0.2, 0.25) is 0 Å². The number of hydrogen-bond donors (Lipinski definition) is 1. The van der Waals surface area contributed by atoms with Crippen molar-refractivity contribution < 1.29 is 9.59 Å². The van der Waals surface area contributed by atoms with Crippen molar-refractivity contribution in [2.75, 3.05) is 18.4 Å². The number of amides is 2. The number of likely N-dealkylation sites (tertiary alicyclic amines) is 1. The highest BCUT2D eigenvalue weighted by Crippen LogP contribution is 2.39. The number of hydrogen-bond acceptors (Lipinski definition) is 3. The molecule has 1 fully saturated rings. The average Bonchev–Trinajstić information content (AvgIpc) is 3.29. The third-order valence-electron chi connectivity index (χ3n) is 5.04. The first-order valence-corrected chi connectivity index (χ1v) is 9.86. The van der Waals surface area contributed by atoms with Crippen LogP contribution in [0.25, 0.3) is 0 Å². The molecule has 0 bridgehead atoms. The van der Waals surface area contributed by atoms with Crippen LogP contribution in [0.4, 0.5) is 5.00 Å². The van der Waals surface area contributed by atoms with Gasteiger partial charge in [0.15, 0.2) is 0 Å². The molecule has 2 heterocycles. The topological polar surface area (TPSA) is 49.4 Å². The first-order valence-electron chi connectivity index (χ1n) is 9.04. The summed E-state index contributed by atoms with van der Waals surface area (Å²) in [6.45, 7) is 1.66. The molecular formula is C20H22N2O2S. The van der Waals surface area contributed by atoms with E-state index in [-0.39, 0.29) is 11.8 Å². The van der Waals surface area contributed by atoms with Gasteiger partial charge in [-0.05, 0) is 56.2 Å². The Kier molecular flexibility index (Phi) is 4.57. The Bertz CT molecular complexity index is 792. The largest absolute Gasteiger partial charge is 0.339 e. The van der Waals surface area contributed by atoms with Gasteiger partial charge in [-0.3, -0.25) is 9.59 Å². The zero-order valence-corrected chi connectivity index (χ0v) is 15.0. The van der Waals surface area contributed by atoms with Gasteiger partial charge < -0.3 is 10.2 Å². The van der Waals surface area contributed by atoms with E-state index in [0.717, 1.165) is 62.2 Å². The maximum Gasteiger partial charge on any atom is 0.257 e. The molecule has 1 saturated heterocycles. The fraction of sp³-hybridized carbons (Fsp3) is 0.400. The molecule has 2 aliphatic rings. The molecule has 1 N–H and O–H groups in total. The van der Waals surface area contributed by atoms with Gasteiger partial charge in [-0.2, -0.15) is 0 Å². The summed E-state index contributed by atoms with van der Waals surface area (Å²) >= 11 is 1.59. The number of aryl methyl sites for hydroxylation is 1. The molecule has 0 unspecified atom stereocenters. The predicted octanol–water partition coefficient (Wildman–Crippen LogP) is 4.12. The number of carbonyl (C=O) groups is 2. The van der Waals surface area contributed by atoms with E-state index in [4.69, 9.17) is 0 Å². The Hall–Kier alpha value is -2.14. The van der Waals surface area contributed by atoms with E-state index in [1.54, 1.807) is 23.5 Å². The summed E-state index contributed by atoms with van der Waals surface area (Å²) < 4.78 is 0. The van der Waals surface area contributed by atoms with E-state index in [9.17, 15) is 9.59 Å². The Morgan fingerprint density at radius 2 is 1.68 bits per heavy atom. The maximum atomic E-state index is 13.1. The lowest BCUT2D eigenvalue weighted by Crippen LogP contribution is -2.29. The lowest BCUT2D eigenvalue weighted by molar-refractivity contribution is 0.0793. The van der Waals surface area contributed by atoms with Crippen LogP contribution in [0, 0.1) is 0 Å². The number of benzene rings is 1. The van der Waals surface area contributed by atoms with Crippen molar-refractivity contribution in [3.63, 3.8) is 0 Å². The van der Waals surface area contributed by atoms with Gasteiger partial charge in [-0.15, -0.1) is 11.3 Å². The van der Waals surface area contributed by atoms with Gasteiger partial charge >= 0.3 is 0 Å². The summed E-state index contributed by atoms with van der Waals surface area (Å²) in [5, 5.41) is 3.75. The normalized spacial score (nSPS) is 16.6. The average molecular weight is 354 g/mol. The van der Waals surface area contributed by atoms with Crippen molar-refractivity contribution in [2.45, 2.75) is 38.5 Å². The van der Waals surface area contributed by atoms with Gasteiger partial charge in [0.05, 0.1) is 5.56 Å². The highest BCUT2D eigenvalue weighted by atomic mass is 32.1. The smallest absolute Gasteiger partial charge is 0.257 e. The summed E-state index contributed by atoms with van der Waals surface area (Å²) in [5.74, 6) is -0.0464. The SMILES string of the molecule is O=C(Nc1sc2c(c1C(=O)N1CCCC1)CCCC2)c1ccccc1. The second-order valence-electron chi connectivity index (χ2n) is 6.73. The van der Waals surface area contributed by atoms with Gasteiger partial charge in [-0.25, -0.2) is 0 Å². The second kappa shape index (κ2) is 7.00.